The van der Waals surface area contributed by atoms with E-state index in [4.69, 9.17) is 25.7 Å². The highest BCUT2D eigenvalue weighted by molar-refractivity contribution is 8.00. The molecule has 1 aromatic heterocycles. The van der Waals surface area contributed by atoms with E-state index in [2.05, 4.69) is 10.3 Å². The molecule has 0 radical (unpaired) electrons. The summed E-state index contributed by atoms with van der Waals surface area (Å²) >= 11 is 1.09. The second kappa shape index (κ2) is 7.64. The lowest BCUT2D eigenvalue weighted by Gasteiger charge is -2.07. The lowest BCUT2D eigenvalue weighted by atomic mass is 10.2. The monoisotopic (exact) mass is 367 g/mol. The molecule has 1 aromatic carbocycles. The van der Waals surface area contributed by atoms with Crippen LogP contribution in [0.25, 0.3) is 0 Å². The van der Waals surface area contributed by atoms with Crippen LogP contribution in [-0.4, -0.2) is 23.4 Å². The Hall–Kier alpha value is -3.43. The average molecular weight is 367 g/mol. The predicted molar refractivity (Wildman–Crippen MR) is 93.2 cm³/mol. The van der Waals surface area contributed by atoms with Gasteiger partial charge in [0.1, 0.15) is 23.0 Å². The highest BCUT2D eigenvalue weighted by atomic mass is 32.2. The topological polar surface area (TPSA) is 134 Å². The number of carbonyl (C=O) groups is 1. The second-order valence-corrected chi connectivity index (χ2v) is 6.21. The molecule has 26 heavy (non-hydrogen) atoms. The van der Waals surface area contributed by atoms with Crippen LogP contribution < -0.4 is 20.5 Å². The van der Waals surface area contributed by atoms with Gasteiger partial charge in [0.2, 0.25) is 12.7 Å². The molecule has 8 nitrogen and oxygen atoms in total. The minimum atomic E-state index is -0.221. The Kier molecular flexibility index (Phi) is 5.11. The number of nitrogen functional groups attached to an aromatic ring is 1. The van der Waals surface area contributed by atoms with Crippen LogP contribution in [0.3, 0.4) is 0 Å². The number of carbonyl (C=O) groups excluding carboxylic acids is 1. The summed E-state index contributed by atoms with van der Waals surface area (Å²) < 4.78 is 10.5. The van der Waals surface area contributed by atoms with E-state index in [-0.39, 0.29) is 35.4 Å². The van der Waals surface area contributed by atoms with Gasteiger partial charge in [-0.05, 0) is 23.8 Å². The Morgan fingerprint density at radius 3 is 2.77 bits per heavy atom. The third-order valence-corrected chi connectivity index (χ3v) is 4.52. The number of aromatic nitrogens is 1. The van der Waals surface area contributed by atoms with Crippen LogP contribution in [0.5, 0.6) is 11.5 Å². The molecule has 1 aliphatic rings. The number of hydrogen-bond donors (Lipinski definition) is 2. The van der Waals surface area contributed by atoms with E-state index in [0.29, 0.717) is 23.1 Å². The van der Waals surface area contributed by atoms with Crippen LogP contribution in [-0.2, 0) is 11.3 Å². The molecule has 2 aromatic rings. The standard InChI is InChI=1S/C17H13N5O3S/c18-5-11-4-12(6-19)17(22-16(11)20)26-8-15(23)21-7-10-1-2-13-14(3-10)25-9-24-13/h1-4H,7-9H2,(H2,20,22)(H,21,23). The van der Waals surface area contributed by atoms with Crippen molar-refractivity contribution in [3.8, 4) is 23.6 Å². The molecule has 2 heterocycles. The number of fused-ring (bicyclic) bond motifs is 1. The Labute approximate surface area is 153 Å². The maximum absolute atomic E-state index is 12.0. The first-order valence-corrected chi connectivity index (χ1v) is 8.48. The van der Waals surface area contributed by atoms with Gasteiger partial charge < -0.3 is 20.5 Å². The van der Waals surface area contributed by atoms with E-state index in [1.54, 1.807) is 6.07 Å². The highest BCUT2D eigenvalue weighted by Gasteiger charge is 2.14. The maximum Gasteiger partial charge on any atom is 0.231 e. The van der Waals surface area contributed by atoms with Crippen LogP contribution in [0.2, 0.25) is 0 Å². The van der Waals surface area contributed by atoms with Gasteiger partial charge in [-0.15, -0.1) is 0 Å². The van der Waals surface area contributed by atoms with E-state index in [9.17, 15) is 4.79 Å². The minimum Gasteiger partial charge on any atom is -0.454 e. The second-order valence-electron chi connectivity index (χ2n) is 5.25. The van der Waals surface area contributed by atoms with Crippen LogP contribution >= 0.6 is 11.8 Å². The van der Waals surface area contributed by atoms with E-state index in [1.165, 1.54) is 6.07 Å². The molecule has 0 saturated heterocycles. The fourth-order valence-corrected chi connectivity index (χ4v) is 3.02. The smallest absolute Gasteiger partial charge is 0.231 e. The molecule has 0 saturated carbocycles. The molecule has 0 atom stereocenters. The molecular weight excluding hydrogens is 354 g/mol. The summed E-state index contributed by atoms with van der Waals surface area (Å²) in [5.41, 5.74) is 6.89. The molecule has 9 heteroatoms. The number of rotatable bonds is 5. The van der Waals surface area contributed by atoms with Crippen LogP contribution in [0.15, 0.2) is 29.3 Å². The molecule has 0 fully saturated rings. The minimum absolute atomic E-state index is 0.0368. The van der Waals surface area contributed by atoms with Gasteiger partial charge in [-0.25, -0.2) is 4.98 Å². The van der Waals surface area contributed by atoms with Crippen molar-refractivity contribution in [1.82, 2.24) is 10.3 Å². The van der Waals surface area contributed by atoms with Gasteiger partial charge in [-0.1, -0.05) is 17.8 Å². The third kappa shape index (κ3) is 3.79. The summed E-state index contributed by atoms with van der Waals surface area (Å²) in [5.74, 6) is 1.22. The molecule has 3 rings (SSSR count). The van der Waals surface area contributed by atoms with Crippen molar-refractivity contribution < 1.29 is 14.3 Å². The Morgan fingerprint density at radius 1 is 1.23 bits per heavy atom. The largest absolute Gasteiger partial charge is 0.454 e. The van der Waals surface area contributed by atoms with E-state index in [1.807, 2.05) is 24.3 Å². The Morgan fingerprint density at radius 2 is 2.00 bits per heavy atom. The normalized spacial score (nSPS) is 11.5. The number of nitrogens with two attached hydrogens (primary N) is 1. The number of benzene rings is 1. The van der Waals surface area contributed by atoms with Crippen LogP contribution in [0, 0.1) is 22.7 Å². The lowest BCUT2D eigenvalue weighted by molar-refractivity contribution is -0.118. The molecule has 1 amide bonds. The molecule has 130 valence electrons. The lowest BCUT2D eigenvalue weighted by Crippen LogP contribution is -2.24. The van der Waals surface area contributed by atoms with E-state index in [0.717, 1.165) is 17.3 Å². The first-order chi connectivity index (χ1) is 12.6. The molecular formula is C17H13N5O3S. The predicted octanol–water partition coefficient (Wildman–Crippen LogP) is 1.54. The van der Waals surface area contributed by atoms with Gasteiger partial charge in [0, 0.05) is 6.54 Å². The summed E-state index contributed by atoms with van der Waals surface area (Å²) in [7, 11) is 0. The zero-order valence-electron chi connectivity index (χ0n) is 13.5. The van der Waals surface area contributed by atoms with Gasteiger partial charge in [-0.3, -0.25) is 4.79 Å². The van der Waals surface area contributed by atoms with Crippen LogP contribution in [0.4, 0.5) is 5.82 Å². The number of nitrogens with zero attached hydrogens (tertiary/aromatic N) is 3. The number of amides is 1. The number of nitrogens with one attached hydrogen (secondary N) is 1. The zero-order chi connectivity index (χ0) is 18.5. The Bertz CT molecular complexity index is 949. The SMILES string of the molecule is N#Cc1cc(C#N)c(SCC(=O)NCc2ccc3c(c2)OCO3)nc1N. The van der Waals surface area contributed by atoms with Gasteiger partial charge >= 0.3 is 0 Å². The van der Waals surface area contributed by atoms with Crippen molar-refractivity contribution >= 4 is 23.5 Å². The summed E-state index contributed by atoms with van der Waals surface area (Å²) in [5, 5.41) is 21.2. The summed E-state index contributed by atoms with van der Waals surface area (Å²) in [6.45, 7) is 0.536. The van der Waals surface area contributed by atoms with E-state index < -0.39 is 0 Å². The van der Waals surface area contributed by atoms with Crippen molar-refractivity contribution in [2.45, 2.75) is 11.6 Å². The zero-order valence-corrected chi connectivity index (χ0v) is 14.3. The van der Waals surface area contributed by atoms with Gasteiger partial charge in [0.15, 0.2) is 11.5 Å². The average Bonchev–Trinajstić information content (AvgIpc) is 3.12. The number of hydrogen-bond acceptors (Lipinski definition) is 8. The van der Waals surface area contributed by atoms with Crippen molar-refractivity contribution in [2.24, 2.45) is 0 Å². The summed E-state index contributed by atoms with van der Waals surface area (Å²) in [6, 6.07) is 10.6. The molecule has 0 spiro atoms. The summed E-state index contributed by atoms with van der Waals surface area (Å²) in [4.78, 5) is 16.1. The number of pyridine rings is 1. The number of ether oxygens (including phenoxy) is 2. The molecule has 0 unspecified atom stereocenters. The number of nitriles is 2. The highest BCUT2D eigenvalue weighted by Crippen LogP contribution is 2.32. The van der Waals surface area contributed by atoms with Crippen molar-refractivity contribution in [3.63, 3.8) is 0 Å². The Balaban J connectivity index is 1.57. The number of thioether (sulfide) groups is 1. The van der Waals surface area contributed by atoms with Crippen molar-refractivity contribution in [3.05, 3.63) is 41.0 Å². The first-order valence-electron chi connectivity index (χ1n) is 7.49. The van der Waals surface area contributed by atoms with Gasteiger partial charge in [-0.2, -0.15) is 10.5 Å². The maximum atomic E-state index is 12.0. The fourth-order valence-electron chi connectivity index (χ4n) is 2.23. The third-order valence-electron chi connectivity index (χ3n) is 3.52. The van der Waals surface area contributed by atoms with Crippen molar-refractivity contribution in [2.75, 3.05) is 18.3 Å². The van der Waals surface area contributed by atoms with Crippen molar-refractivity contribution in [1.29, 1.82) is 10.5 Å². The van der Waals surface area contributed by atoms with Gasteiger partial charge in [0.25, 0.3) is 0 Å². The summed E-state index contributed by atoms with van der Waals surface area (Å²) in [6.07, 6.45) is 0. The fraction of sp³-hybridized carbons (Fsp3) is 0.176. The van der Waals surface area contributed by atoms with Gasteiger partial charge in [0.05, 0.1) is 16.9 Å². The van der Waals surface area contributed by atoms with Crippen LogP contribution in [0.1, 0.15) is 16.7 Å². The first kappa shape index (κ1) is 17.4. The molecule has 1 aliphatic heterocycles. The van der Waals surface area contributed by atoms with E-state index >= 15 is 0 Å². The number of anilines is 1. The molecule has 3 N–H and O–H groups in total. The molecule has 0 bridgehead atoms. The molecule has 0 aliphatic carbocycles. The quantitative estimate of drug-likeness (QED) is 0.760.